The molecular weight excluding hydrogens is 518 g/mol. The molecule has 1 fully saturated rings. The molecule has 1 aliphatic rings. The molecule has 2 heterocycles. The first-order valence-electron chi connectivity index (χ1n) is 12.7. The van der Waals surface area contributed by atoms with Crippen LogP contribution in [-0.4, -0.2) is 67.5 Å². The Hall–Kier alpha value is -3.92. The number of hydrogen-bond acceptors (Lipinski definition) is 6. The molecule has 1 saturated heterocycles. The van der Waals surface area contributed by atoms with Gasteiger partial charge in [-0.15, -0.1) is 0 Å². The average molecular weight is 552 g/mol. The van der Waals surface area contributed by atoms with Crippen molar-refractivity contribution in [1.82, 2.24) is 15.1 Å². The quantitative estimate of drug-likeness (QED) is 0.502. The molecule has 2 aromatic carbocycles. The molecule has 3 aromatic rings. The molecule has 1 unspecified atom stereocenters. The first-order chi connectivity index (χ1) is 18.4. The second-order valence-corrected chi connectivity index (χ2v) is 12.7. The van der Waals surface area contributed by atoms with Crippen LogP contribution in [0.1, 0.15) is 52.8 Å². The van der Waals surface area contributed by atoms with Crippen LogP contribution in [0.2, 0.25) is 0 Å². The van der Waals surface area contributed by atoms with Gasteiger partial charge in [0, 0.05) is 31.7 Å². The van der Waals surface area contributed by atoms with Crippen molar-refractivity contribution in [1.29, 1.82) is 0 Å². The Bertz CT molecular complexity index is 1430. The Morgan fingerprint density at radius 3 is 2.00 bits per heavy atom. The van der Waals surface area contributed by atoms with Crippen LogP contribution in [0, 0.1) is 6.92 Å². The number of sulfone groups is 1. The van der Waals surface area contributed by atoms with Crippen LogP contribution in [0.15, 0.2) is 76.2 Å². The fourth-order valence-electron chi connectivity index (χ4n) is 4.33. The number of furan rings is 1. The molecule has 206 valence electrons. The summed E-state index contributed by atoms with van der Waals surface area (Å²) in [5.74, 6) is -1.85. The molecule has 0 radical (unpaired) electrons. The second kappa shape index (κ2) is 11.1. The van der Waals surface area contributed by atoms with Gasteiger partial charge < -0.3 is 19.5 Å². The molecule has 9 nitrogen and oxygen atoms in total. The summed E-state index contributed by atoms with van der Waals surface area (Å²) in [6.07, 6.45) is 1.28. The van der Waals surface area contributed by atoms with Gasteiger partial charge in [-0.05, 0) is 54.3 Å². The summed E-state index contributed by atoms with van der Waals surface area (Å²) in [7, 11) is -4.29. The first-order valence-corrected chi connectivity index (χ1v) is 14.3. The number of nitrogens with zero attached hydrogens (tertiary/aromatic N) is 2. The van der Waals surface area contributed by atoms with Crippen LogP contribution in [-0.2, 0) is 20.0 Å². The predicted octanol–water partition coefficient (Wildman–Crippen LogP) is 3.40. The molecule has 3 amide bonds. The number of nitrogens with one attached hydrogen (secondary N) is 1. The third-order valence-electron chi connectivity index (χ3n) is 6.77. The van der Waals surface area contributed by atoms with E-state index in [2.05, 4.69) is 26.1 Å². The van der Waals surface area contributed by atoms with Crippen LogP contribution in [0.5, 0.6) is 0 Å². The number of benzene rings is 2. The Balaban J connectivity index is 1.50. The number of aryl methyl sites for hydroxylation is 1. The van der Waals surface area contributed by atoms with E-state index >= 15 is 0 Å². The van der Waals surface area contributed by atoms with Crippen molar-refractivity contribution >= 4 is 27.6 Å². The SMILES string of the molecule is Cc1ccc(S(=O)(=O)C(NC(=O)c2ccco2)C(=O)N2CCN(C(=O)c3ccc(C(C)(C)C)cc3)CC2)cc1. The van der Waals surface area contributed by atoms with Crippen LogP contribution in [0.4, 0.5) is 0 Å². The molecular formula is C29H33N3O6S. The maximum Gasteiger partial charge on any atom is 0.288 e. The Morgan fingerprint density at radius 1 is 0.872 bits per heavy atom. The van der Waals surface area contributed by atoms with E-state index in [1.165, 1.54) is 35.4 Å². The number of carbonyl (C=O) groups excluding carboxylic acids is 3. The first kappa shape index (κ1) is 28.1. The lowest BCUT2D eigenvalue weighted by atomic mass is 9.86. The van der Waals surface area contributed by atoms with Gasteiger partial charge in [-0.1, -0.05) is 50.6 Å². The van der Waals surface area contributed by atoms with E-state index < -0.39 is 27.0 Å². The van der Waals surface area contributed by atoms with Gasteiger partial charge in [0.2, 0.25) is 15.2 Å². The largest absolute Gasteiger partial charge is 0.459 e. The monoisotopic (exact) mass is 551 g/mol. The highest BCUT2D eigenvalue weighted by molar-refractivity contribution is 7.92. The van der Waals surface area contributed by atoms with Gasteiger partial charge in [-0.25, -0.2) is 8.42 Å². The average Bonchev–Trinajstić information content (AvgIpc) is 3.46. The third-order valence-corrected chi connectivity index (χ3v) is 8.64. The van der Waals surface area contributed by atoms with Crippen molar-refractivity contribution < 1.29 is 27.2 Å². The Morgan fingerprint density at radius 2 is 1.46 bits per heavy atom. The van der Waals surface area contributed by atoms with Gasteiger partial charge in [0.25, 0.3) is 17.7 Å². The molecule has 1 aliphatic heterocycles. The molecule has 1 N–H and O–H groups in total. The lowest BCUT2D eigenvalue weighted by Crippen LogP contribution is -2.57. The van der Waals surface area contributed by atoms with Crippen molar-refractivity contribution in [2.75, 3.05) is 26.2 Å². The van der Waals surface area contributed by atoms with Crippen molar-refractivity contribution in [3.8, 4) is 0 Å². The fraction of sp³-hybridized carbons (Fsp3) is 0.345. The maximum absolute atomic E-state index is 13.6. The molecule has 1 atom stereocenters. The molecule has 39 heavy (non-hydrogen) atoms. The van der Waals surface area contributed by atoms with Crippen molar-refractivity contribution in [2.24, 2.45) is 0 Å². The van der Waals surface area contributed by atoms with E-state index in [9.17, 15) is 22.8 Å². The van der Waals surface area contributed by atoms with E-state index in [4.69, 9.17) is 4.42 Å². The standard InChI is InChI=1S/C29H33N3O6S/c1-20-7-13-23(14-8-20)39(36,37)26(30-25(33)24-6-5-19-38-24)28(35)32-17-15-31(16-18-32)27(34)21-9-11-22(12-10-21)29(2,3)4/h5-14,19,26H,15-18H2,1-4H3,(H,30,33). The summed E-state index contributed by atoms with van der Waals surface area (Å²) in [6, 6.07) is 16.4. The number of carbonyl (C=O) groups is 3. The number of hydrogen-bond donors (Lipinski definition) is 1. The summed E-state index contributed by atoms with van der Waals surface area (Å²) >= 11 is 0. The van der Waals surface area contributed by atoms with Crippen molar-refractivity contribution in [3.63, 3.8) is 0 Å². The minimum absolute atomic E-state index is 0.0324. The predicted molar refractivity (Wildman–Crippen MR) is 146 cm³/mol. The van der Waals surface area contributed by atoms with E-state index in [1.807, 2.05) is 19.1 Å². The van der Waals surface area contributed by atoms with Gasteiger partial charge in [-0.3, -0.25) is 14.4 Å². The minimum Gasteiger partial charge on any atom is -0.459 e. The van der Waals surface area contributed by atoms with Crippen molar-refractivity contribution in [3.05, 3.63) is 89.4 Å². The molecule has 0 saturated carbocycles. The van der Waals surface area contributed by atoms with Gasteiger partial charge in [-0.2, -0.15) is 0 Å². The second-order valence-electron chi connectivity index (χ2n) is 10.6. The molecule has 0 spiro atoms. The highest BCUT2D eigenvalue weighted by atomic mass is 32.2. The van der Waals surface area contributed by atoms with E-state index in [1.54, 1.807) is 29.2 Å². The Labute approximate surface area is 228 Å². The zero-order chi connectivity index (χ0) is 28.4. The molecule has 0 bridgehead atoms. The van der Waals surface area contributed by atoms with Crippen molar-refractivity contribution in [2.45, 2.75) is 43.4 Å². The normalized spacial score (nSPS) is 15.1. The highest BCUT2D eigenvalue weighted by Gasteiger charge is 2.40. The van der Waals surface area contributed by atoms with Crippen LogP contribution < -0.4 is 5.32 Å². The van der Waals surface area contributed by atoms with Gasteiger partial charge in [0.1, 0.15) is 0 Å². The number of piperazine rings is 1. The fourth-order valence-corrected chi connectivity index (χ4v) is 5.79. The highest BCUT2D eigenvalue weighted by Crippen LogP contribution is 2.23. The summed E-state index contributed by atoms with van der Waals surface area (Å²) in [4.78, 5) is 42.3. The molecule has 1 aromatic heterocycles. The molecule has 4 rings (SSSR count). The molecule has 0 aliphatic carbocycles. The third kappa shape index (κ3) is 6.22. The number of amides is 3. The smallest absolute Gasteiger partial charge is 0.288 e. The van der Waals surface area contributed by atoms with E-state index in [-0.39, 0.29) is 48.2 Å². The zero-order valence-corrected chi connectivity index (χ0v) is 23.3. The summed E-state index contributed by atoms with van der Waals surface area (Å²) in [5, 5.41) is 0.498. The van der Waals surface area contributed by atoms with E-state index in [0.717, 1.165) is 11.1 Å². The maximum atomic E-state index is 13.6. The van der Waals surface area contributed by atoms with Crippen LogP contribution in [0.25, 0.3) is 0 Å². The minimum atomic E-state index is -4.29. The number of rotatable bonds is 6. The summed E-state index contributed by atoms with van der Waals surface area (Å²) in [6.45, 7) is 8.83. The summed E-state index contributed by atoms with van der Waals surface area (Å²) < 4.78 is 32.1. The van der Waals surface area contributed by atoms with Gasteiger partial charge in [0.05, 0.1) is 11.2 Å². The van der Waals surface area contributed by atoms with E-state index in [0.29, 0.717) is 5.56 Å². The van der Waals surface area contributed by atoms with Crippen LogP contribution in [0.3, 0.4) is 0 Å². The molecule has 10 heteroatoms. The topological polar surface area (TPSA) is 117 Å². The lowest BCUT2D eigenvalue weighted by molar-refractivity contribution is -0.132. The van der Waals surface area contributed by atoms with Gasteiger partial charge in [0.15, 0.2) is 5.76 Å². The van der Waals surface area contributed by atoms with Crippen LogP contribution >= 0.6 is 0 Å². The zero-order valence-electron chi connectivity index (χ0n) is 22.5. The van der Waals surface area contributed by atoms with Gasteiger partial charge >= 0.3 is 0 Å². The lowest BCUT2D eigenvalue weighted by Gasteiger charge is -2.36. The summed E-state index contributed by atoms with van der Waals surface area (Å²) in [5.41, 5.74) is 2.49. The Kier molecular flexibility index (Phi) is 7.96.